The lowest BCUT2D eigenvalue weighted by atomic mass is 10.2. The minimum absolute atomic E-state index is 0.250. The van der Waals surface area contributed by atoms with Crippen LogP contribution in [0.4, 0.5) is 0 Å². The molecular weight excluding hydrogens is 330 g/mol. The fourth-order valence-electron chi connectivity index (χ4n) is 1.69. The molecule has 24 heavy (non-hydrogen) atoms. The molecule has 0 aliphatic heterocycles. The van der Waals surface area contributed by atoms with Crippen LogP contribution in [0.15, 0.2) is 60.1 Å². The van der Waals surface area contributed by atoms with Gasteiger partial charge in [0, 0.05) is 16.1 Å². The molecule has 7 heteroatoms. The van der Waals surface area contributed by atoms with Crippen molar-refractivity contribution in [3.63, 3.8) is 0 Å². The summed E-state index contributed by atoms with van der Waals surface area (Å²) in [5.41, 5.74) is 8.49. The first-order chi connectivity index (χ1) is 11.5. The Hall–Kier alpha value is -3.14. The van der Waals surface area contributed by atoms with Gasteiger partial charge < -0.3 is 15.6 Å². The van der Waals surface area contributed by atoms with E-state index in [-0.39, 0.29) is 5.88 Å². The van der Waals surface area contributed by atoms with Gasteiger partial charge in [0.05, 0.1) is 0 Å². The molecule has 0 unspecified atom stereocenters. The van der Waals surface area contributed by atoms with Crippen LogP contribution in [0.1, 0.15) is 11.1 Å². The van der Waals surface area contributed by atoms with E-state index in [1.807, 2.05) is 12.1 Å². The number of hydrogen-bond donors (Lipinski definition) is 4. The van der Waals surface area contributed by atoms with Crippen molar-refractivity contribution >= 4 is 17.6 Å². The van der Waals surface area contributed by atoms with Gasteiger partial charge >= 0.3 is 5.97 Å². The van der Waals surface area contributed by atoms with Crippen LogP contribution in [0.2, 0.25) is 5.02 Å². The molecule has 2 aromatic rings. The number of ether oxygens (including phenoxy) is 1. The van der Waals surface area contributed by atoms with Crippen molar-refractivity contribution in [2.75, 3.05) is 0 Å². The predicted octanol–water partition coefficient (Wildman–Crippen LogP) is 1.79. The first kappa shape index (κ1) is 17.2. The van der Waals surface area contributed by atoms with Crippen molar-refractivity contribution in [1.29, 1.82) is 0 Å². The van der Waals surface area contributed by atoms with Crippen molar-refractivity contribution in [2.24, 2.45) is 11.6 Å². The van der Waals surface area contributed by atoms with Crippen LogP contribution in [-0.4, -0.2) is 11.1 Å². The smallest absolute Gasteiger partial charge is 0.357 e. The molecule has 6 N–H and O–H groups in total. The van der Waals surface area contributed by atoms with Gasteiger partial charge in [-0.3, -0.25) is 5.43 Å². The Bertz CT molecular complexity index is 836. The fraction of sp³-hybridized carbons (Fsp3) is 0. The fourth-order valence-corrected chi connectivity index (χ4v) is 1.88. The van der Waals surface area contributed by atoms with Gasteiger partial charge in [-0.25, -0.2) is 10.6 Å². The molecule has 0 aliphatic rings. The first-order valence-corrected chi connectivity index (χ1v) is 7.12. The number of nitrogens with two attached hydrogens (primary N) is 2. The highest BCUT2D eigenvalue weighted by atomic mass is 35.5. The quantitative estimate of drug-likeness (QED) is 0.221. The zero-order valence-electron chi connectivity index (χ0n) is 12.4. The lowest BCUT2D eigenvalue weighted by molar-refractivity contribution is -0.132. The van der Waals surface area contributed by atoms with E-state index in [0.29, 0.717) is 10.8 Å². The summed E-state index contributed by atoms with van der Waals surface area (Å²) in [6.45, 7) is 0. The highest BCUT2D eigenvalue weighted by molar-refractivity contribution is 6.30. The van der Waals surface area contributed by atoms with Crippen molar-refractivity contribution in [2.45, 2.75) is 0 Å². The SMILES string of the molecule is NN/C(Oc1ccc(C#Cc2cccc(Cl)c2)cc1)=C(\N)C(=O)O. The lowest BCUT2D eigenvalue weighted by Gasteiger charge is -2.10. The summed E-state index contributed by atoms with van der Waals surface area (Å²) < 4.78 is 5.29. The minimum Gasteiger partial charge on any atom is -0.476 e. The summed E-state index contributed by atoms with van der Waals surface area (Å²) in [7, 11) is 0. The predicted molar refractivity (Wildman–Crippen MR) is 90.7 cm³/mol. The minimum atomic E-state index is -1.34. The van der Waals surface area contributed by atoms with Gasteiger partial charge in [0.2, 0.25) is 5.88 Å². The number of carbonyl (C=O) groups is 1. The number of carboxylic acids is 1. The third-order valence-corrected chi connectivity index (χ3v) is 3.09. The summed E-state index contributed by atoms with van der Waals surface area (Å²) >= 11 is 5.90. The molecule has 6 nitrogen and oxygen atoms in total. The standard InChI is InChI=1S/C17H14ClN3O3/c18-13-3-1-2-12(10-13)5-4-11-6-8-14(9-7-11)24-16(21-20)15(19)17(22)23/h1-3,6-10,21H,19-20H2,(H,22,23)/b16-15+. The summed E-state index contributed by atoms with van der Waals surface area (Å²) in [4.78, 5) is 10.8. The van der Waals surface area contributed by atoms with Crippen LogP contribution < -0.4 is 21.7 Å². The average molecular weight is 344 g/mol. The van der Waals surface area contributed by atoms with Gasteiger partial charge in [0.25, 0.3) is 0 Å². The first-order valence-electron chi connectivity index (χ1n) is 6.75. The Morgan fingerprint density at radius 3 is 2.38 bits per heavy atom. The van der Waals surface area contributed by atoms with E-state index in [2.05, 4.69) is 17.3 Å². The summed E-state index contributed by atoms with van der Waals surface area (Å²) in [6, 6.07) is 13.9. The van der Waals surface area contributed by atoms with Gasteiger partial charge in [0.15, 0.2) is 5.70 Å². The molecule has 0 aliphatic carbocycles. The van der Waals surface area contributed by atoms with Crippen LogP contribution in [0.25, 0.3) is 0 Å². The molecule has 2 aromatic carbocycles. The van der Waals surface area contributed by atoms with Crippen LogP contribution in [0, 0.1) is 11.8 Å². The molecule has 0 saturated carbocycles. The van der Waals surface area contributed by atoms with Gasteiger partial charge in [-0.1, -0.05) is 29.5 Å². The van der Waals surface area contributed by atoms with E-state index in [1.54, 1.807) is 36.4 Å². The molecule has 0 heterocycles. The maximum absolute atomic E-state index is 10.8. The second-order valence-corrected chi connectivity index (χ2v) is 5.02. The Morgan fingerprint density at radius 1 is 1.12 bits per heavy atom. The second kappa shape index (κ2) is 7.92. The van der Waals surface area contributed by atoms with Gasteiger partial charge in [0.1, 0.15) is 5.75 Å². The maximum atomic E-state index is 10.8. The number of nitrogens with one attached hydrogen (secondary N) is 1. The Kier molecular flexibility index (Phi) is 5.68. The molecular formula is C17H14ClN3O3. The molecule has 0 radical (unpaired) electrons. The second-order valence-electron chi connectivity index (χ2n) is 4.58. The number of benzene rings is 2. The molecule has 122 valence electrons. The van der Waals surface area contributed by atoms with E-state index < -0.39 is 11.7 Å². The molecule has 0 amide bonds. The van der Waals surface area contributed by atoms with Crippen molar-refractivity contribution < 1.29 is 14.6 Å². The summed E-state index contributed by atoms with van der Waals surface area (Å²) in [5.74, 6) is 9.96. The molecule has 0 atom stereocenters. The van der Waals surface area contributed by atoms with Crippen LogP contribution in [0.3, 0.4) is 0 Å². The molecule has 2 rings (SSSR count). The normalized spacial score (nSPS) is 10.9. The average Bonchev–Trinajstić information content (AvgIpc) is 2.58. The number of rotatable bonds is 4. The monoisotopic (exact) mass is 343 g/mol. The molecule has 0 saturated heterocycles. The molecule has 0 aromatic heterocycles. The summed E-state index contributed by atoms with van der Waals surface area (Å²) in [5, 5.41) is 9.44. The van der Waals surface area contributed by atoms with Gasteiger partial charge in [-0.05, 0) is 42.5 Å². The molecule has 0 bridgehead atoms. The van der Waals surface area contributed by atoms with Crippen LogP contribution in [0.5, 0.6) is 5.75 Å². The Morgan fingerprint density at radius 2 is 1.79 bits per heavy atom. The van der Waals surface area contributed by atoms with E-state index in [0.717, 1.165) is 11.1 Å². The Balaban J connectivity index is 2.14. The van der Waals surface area contributed by atoms with Gasteiger partial charge in [-0.2, -0.15) is 0 Å². The molecule has 0 spiro atoms. The number of halogens is 1. The van der Waals surface area contributed by atoms with E-state index >= 15 is 0 Å². The van der Waals surface area contributed by atoms with Crippen molar-refractivity contribution in [3.8, 4) is 17.6 Å². The topological polar surface area (TPSA) is 111 Å². The van der Waals surface area contributed by atoms with Crippen molar-refractivity contribution in [3.05, 3.63) is 76.3 Å². The highest BCUT2D eigenvalue weighted by Crippen LogP contribution is 2.15. The zero-order valence-corrected chi connectivity index (χ0v) is 13.2. The van der Waals surface area contributed by atoms with Crippen LogP contribution in [-0.2, 0) is 4.79 Å². The van der Waals surface area contributed by atoms with Gasteiger partial charge in [-0.15, -0.1) is 0 Å². The summed E-state index contributed by atoms with van der Waals surface area (Å²) in [6.07, 6.45) is 0. The maximum Gasteiger partial charge on any atom is 0.357 e. The van der Waals surface area contributed by atoms with E-state index in [4.69, 9.17) is 33.0 Å². The number of aliphatic carboxylic acids is 1. The molecule has 0 fully saturated rings. The Labute approximate surface area is 143 Å². The lowest BCUT2D eigenvalue weighted by Crippen LogP contribution is -2.31. The van der Waals surface area contributed by atoms with Crippen LogP contribution >= 0.6 is 11.6 Å². The third kappa shape index (κ3) is 4.68. The number of hydrazine groups is 1. The van der Waals surface area contributed by atoms with Crippen molar-refractivity contribution in [1.82, 2.24) is 5.43 Å². The third-order valence-electron chi connectivity index (χ3n) is 2.86. The van der Waals surface area contributed by atoms with E-state index in [1.165, 1.54) is 0 Å². The van der Waals surface area contributed by atoms with E-state index in [9.17, 15) is 4.79 Å². The number of carboxylic acid groups (broad SMARTS) is 1. The highest BCUT2D eigenvalue weighted by Gasteiger charge is 2.11. The number of hydrogen-bond acceptors (Lipinski definition) is 5. The zero-order chi connectivity index (χ0) is 17.5. The largest absolute Gasteiger partial charge is 0.476 e.